The Labute approximate surface area is 157 Å². The van der Waals surface area contributed by atoms with Crippen molar-refractivity contribution in [3.63, 3.8) is 0 Å². The lowest BCUT2D eigenvalue weighted by Gasteiger charge is -2.42. The van der Waals surface area contributed by atoms with Gasteiger partial charge in [-0.15, -0.1) is 0 Å². The van der Waals surface area contributed by atoms with E-state index in [2.05, 4.69) is 48.3 Å². The summed E-state index contributed by atoms with van der Waals surface area (Å²) in [4.78, 5) is 14.8. The van der Waals surface area contributed by atoms with Crippen molar-refractivity contribution in [1.29, 1.82) is 0 Å². The summed E-state index contributed by atoms with van der Waals surface area (Å²) in [7, 11) is 0. The molecule has 2 saturated heterocycles. The molecule has 0 aromatic heterocycles. The molecular weight excluding hydrogens is 326 g/mol. The molecule has 2 aliphatic rings. The number of hydrogen-bond acceptors (Lipinski definition) is 4. The van der Waals surface area contributed by atoms with E-state index in [1.54, 1.807) is 0 Å². The van der Waals surface area contributed by atoms with Crippen LogP contribution in [0.15, 0.2) is 30.3 Å². The van der Waals surface area contributed by atoms with E-state index in [-0.39, 0.29) is 22.8 Å². The van der Waals surface area contributed by atoms with Gasteiger partial charge in [-0.05, 0) is 30.2 Å². The first-order chi connectivity index (χ1) is 12.4. The number of nitrogens with one attached hydrogen (secondary N) is 1. The summed E-state index contributed by atoms with van der Waals surface area (Å²) >= 11 is 0. The molecule has 1 amide bonds. The SMILES string of the molecule is CC1(C)CN(CC(=O)NCC2(c3ccccc3)CCOCC2)CCC1N. The molecule has 0 saturated carbocycles. The van der Waals surface area contributed by atoms with E-state index in [0.29, 0.717) is 13.1 Å². The Morgan fingerprint density at radius 2 is 1.96 bits per heavy atom. The molecule has 5 heteroatoms. The fourth-order valence-corrected chi connectivity index (χ4v) is 4.27. The van der Waals surface area contributed by atoms with Crippen LogP contribution in [0, 0.1) is 5.41 Å². The molecule has 1 aromatic rings. The first-order valence-electron chi connectivity index (χ1n) is 9.79. The second-order valence-corrected chi connectivity index (χ2v) is 8.63. The standard InChI is InChI=1S/C21H33N3O2/c1-20(2)16-24(11-8-18(20)22)14-19(25)23-15-21(9-12-26-13-10-21)17-6-4-3-5-7-17/h3-7,18H,8-16,22H2,1-2H3,(H,23,25). The molecule has 1 aromatic carbocycles. The van der Waals surface area contributed by atoms with Gasteiger partial charge in [0.1, 0.15) is 0 Å². The van der Waals surface area contributed by atoms with Crippen LogP contribution in [0.25, 0.3) is 0 Å². The number of nitrogens with zero attached hydrogens (tertiary/aromatic N) is 1. The maximum absolute atomic E-state index is 12.6. The van der Waals surface area contributed by atoms with E-state index in [0.717, 1.165) is 45.6 Å². The third-order valence-electron chi connectivity index (χ3n) is 6.22. The van der Waals surface area contributed by atoms with Gasteiger partial charge in [0.2, 0.25) is 5.91 Å². The first-order valence-corrected chi connectivity index (χ1v) is 9.79. The highest BCUT2D eigenvalue weighted by atomic mass is 16.5. The van der Waals surface area contributed by atoms with Gasteiger partial charge >= 0.3 is 0 Å². The first kappa shape index (κ1) is 19.3. The lowest BCUT2D eigenvalue weighted by molar-refractivity contribution is -0.123. The van der Waals surface area contributed by atoms with Crippen LogP contribution in [0.2, 0.25) is 0 Å². The number of carbonyl (C=O) groups excluding carboxylic acids is 1. The Kier molecular flexibility index (Phi) is 6.00. The van der Waals surface area contributed by atoms with E-state index in [9.17, 15) is 4.79 Å². The summed E-state index contributed by atoms with van der Waals surface area (Å²) in [5.74, 6) is 0.109. The molecule has 144 valence electrons. The monoisotopic (exact) mass is 359 g/mol. The minimum Gasteiger partial charge on any atom is -0.381 e. The molecule has 0 aliphatic carbocycles. The lowest BCUT2D eigenvalue weighted by Crippen LogP contribution is -2.55. The fourth-order valence-electron chi connectivity index (χ4n) is 4.27. The van der Waals surface area contributed by atoms with Crippen molar-refractivity contribution < 1.29 is 9.53 Å². The number of likely N-dealkylation sites (tertiary alicyclic amines) is 1. The predicted molar refractivity (Wildman–Crippen MR) is 104 cm³/mol. The number of benzene rings is 1. The van der Waals surface area contributed by atoms with Gasteiger partial charge < -0.3 is 15.8 Å². The molecule has 2 heterocycles. The van der Waals surface area contributed by atoms with E-state index in [1.807, 2.05) is 6.07 Å². The second kappa shape index (κ2) is 8.07. The largest absolute Gasteiger partial charge is 0.381 e. The Morgan fingerprint density at radius 3 is 2.62 bits per heavy atom. The van der Waals surface area contributed by atoms with Crippen molar-refractivity contribution in [2.45, 2.75) is 44.6 Å². The van der Waals surface area contributed by atoms with Crippen molar-refractivity contribution >= 4 is 5.91 Å². The molecule has 1 unspecified atom stereocenters. The summed E-state index contributed by atoms with van der Waals surface area (Å²) in [6.07, 6.45) is 2.84. The van der Waals surface area contributed by atoms with Crippen LogP contribution in [0.5, 0.6) is 0 Å². The quantitative estimate of drug-likeness (QED) is 0.843. The van der Waals surface area contributed by atoms with Crippen LogP contribution in [0.1, 0.15) is 38.7 Å². The van der Waals surface area contributed by atoms with Gasteiger partial charge in [-0.2, -0.15) is 0 Å². The highest BCUT2D eigenvalue weighted by Gasteiger charge is 2.36. The van der Waals surface area contributed by atoms with Crippen LogP contribution in [0.3, 0.4) is 0 Å². The number of nitrogens with two attached hydrogens (primary N) is 1. The average Bonchev–Trinajstić information content (AvgIpc) is 2.64. The van der Waals surface area contributed by atoms with E-state index < -0.39 is 0 Å². The van der Waals surface area contributed by atoms with Gasteiger partial charge in [-0.3, -0.25) is 9.69 Å². The minimum atomic E-state index is -0.0152. The molecule has 2 fully saturated rings. The highest BCUT2D eigenvalue weighted by Crippen LogP contribution is 2.34. The van der Waals surface area contributed by atoms with Gasteiger partial charge in [0.15, 0.2) is 0 Å². The van der Waals surface area contributed by atoms with Crippen molar-refractivity contribution in [2.75, 3.05) is 39.4 Å². The third kappa shape index (κ3) is 4.45. The van der Waals surface area contributed by atoms with Crippen molar-refractivity contribution in [2.24, 2.45) is 11.1 Å². The molecule has 1 atom stereocenters. The number of piperidine rings is 1. The second-order valence-electron chi connectivity index (χ2n) is 8.63. The molecule has 26 heavy (non-hydrogen) atoms. The van der Waals surface area contributed by atoms with Crippen molar-refractivity contribution in [3.8, 4) is 0 Å². The highest BCUT2D eigenvalue weighted by molar-refractivity contribution is 5.78. The van der Waals surface area contributed by atoms with Crippen molar-refractivity contribution in [3.05, 3.63) is 35.9 Å². The Bertz CT molecular complexity index is 597. The topological polar surface area (TPSA) is 67.6 Å². The third-order valence-corrected chi connectivity index (χ3v) is 6.22. The zero-order valence-corrected chi connectivity index (χ0v) is 16.2. The van der Waals surface area contributed by atoms with E-state index in [1.165, 1.54) is 5.56 Å². The number of carbonyl (C=O) groups is 1. The summed E-state index contributed by atoms with van der Waals surface area (Å²) in [6.45, 7) is 8.79. The summed E-state index contributed by atoms with van der Waals surface area (Å²) < 4.78 is 5.57. The lowest BCUT2D eigenvalue weighted by atomic mass is 9.74. The van der Waals surface area contributed by atoms with Crippen LogP contribution >= 0.6 is 0 Å². The number of rotatable bonds is 5. The van der Waals surface area contributed by atoms with Crippen LogP contribution in [-0.2, 0) is 14.9 Å². The maximum atomic E-state index is 12.6. The number of hydrogen-bond donors (Lipinski definition) is 2. The van der Waals surface area contributed by atoms with Gasteiger partial charge in [-0.1, -0.05) is 44.2 Å². The Morgan fingerprint density at radius 1 is 1.27 bits per heavy atom. The van der Waals surface area contributed by atoms with Crippen molar-refractivity contribution in [1.82, 2.24) is 10.2 Å². The zero-order valence-electron chi connectivity index (χ0n) is 16.2. The molecule has 0 spiro atoms. The molecular formula is C21H33N3O2. The zero-order chi connectivity index (χ0) is 18.6. The van der Waals surface area contributed by atoms with E-state index >= 15 is 0 Å². The smallest absolute Gasteiger partial charge is 0.234 e. The fraction of sp³-hybridized carbons (Fsp3) is 0.667. The molecule has 3 N–H and O–H groups in total. The predicted octanol–water partition coefficient (Wildman–Crippen LogP) is 1.91. The maximum Gasteiger partial charge on any atom is 0.234 e. The van der Waals surface area contributed by atoms with Gasteiger partial charge in [0.05, 0.1) is 6.54 Å². The summed E-state index contributed by atoms with van der Waals surface area (Å²) in [5, 5.41) is 3.21. The number of ether oxygens (including phenoxy) is 1. The molecule has 5 nitrogen and oxygen atoms in total. The van der Waals surface area contributed by atoms with Gasteiger partial charge in [-0.25, -0.2) is 0 Å². The average molecular weight is 360 g/mol. The van der Waals surface area contributed by atoms with Gasteiger partial charge in [0.25, 0.3) is 0 Å². The number of amides is 1. The Balaban J connectivity index is 1.58. The molecule has 0 bridgehead atoms. The van der Waals surface area contributed by atoms with E-state index in [4.69, 9.17) is 10.5 Å². The molecule has 3 rings (SSSR count). The molecule has 0 radical (unpaired) electrons. The van der Waals surface area contributed by atoms with Crippen LogP contribution in [0.4, 0.5) is 0 Å². The Hall–Kier alpha value is -1.43. The van der Waals surface area contributed by atoms with Crippen LogP contribution in [-0.4, -0.2) is 56.2 Å². The minimum absolute atomic E-state index is 0.0152. The summed E-state index contributed by atoms with van der Waals surface area (Å²) in [5.41, 5.74) is 7.55. The molecule has 2 aliphatic heterocycles. The van der Waals surface area contributed by atoms with Gasteiger partial charge in [0, 0.05) is 44.3 Å². The normalized spacial score (nSPS) is 25.6. The summed E-state index contributed by atoms with van der Waals surface area (Å²) in [6, 6.07) is 10.8. The van der Waals surface area contributed by atoms with Crippen LogP contribution < -0.4 is 11.1 Å².